The Morgan fingerprint density at radius 1 is 1.00 bits per heavy atom. The molecule has 0 unspecified atom stereocenters. The van der Waals surface area contributed by atoms with Gasteiger partial charge < -0.3 is 15.2 Å². The van der Waals surface area contributed by atoms with Crippen LogP contribution in [0.2, 0.25) is 0 Å². The van der Waals surface area contributed by atoms with Crippen molar-refractivity contribution in [3.8, 4) is 11.5 Å². The number of rotatable bonds is 6. The minimum absolute atomic E-state index is 0.154. The maximum Gasteiger partial charge on any atom is 0.161 e. The first kappa shape index (κ1) is 15.6. The molecule has 0 aliphatic rings. The lowest BCUT2D eigenvalue weighted by Gasteiger charge is -2.15. The molecule has 0 amide bonds. The third-order valence-electron chi connectivity index (χ3n) is 3.69. The zero-order valence-electron chi connectivity index (χ0n) is 12.9. The van der Waals surface area contributed by atoms with Gasteiger partial charge in [0, 0.05) is 0 Å². The molecule has 0 saturated carbocycles. The van der Waals surface area contributed by atoms with Gasteiger partial charge in [0.2, 0.25) is 0 Å². The predicted molar refractivity (Wildman–Crippen MR) is 94.1 cm³/mol. The molecular weight excluding hydrogens is 306 g/mol. The molecule has 0 aliphatic heterocycles. The summed E-state index contributed by atoms with van der Waals surface area (Å²) in [5, 5.41) is 4.10. The Bertz CT molecular complexity index is 741. The molecule has 2 N–H and O–H groups in total. The Morgan fingerprint density at radius 3 is 2.52 bits per heavy atom. The van der Waals surface area contributed by atoms with E-state index in [1.54, 1.807) is 18.4 Å². The Kier molecular flexibility index (Phi) is 4.95. The van der Waals surface area contributed by atoms with Crippen LogP contribution in [0.1, 0.15) is 22.7 Å². The van der Waals surface area contributed by atoms with Gasteiger partial charge in [-0.2, -0.15) is 11.3 Å². The van der Waals surface area contributed by atoms with Gasteiger partial charge in [-0.3, -0.25) is 0 Å². The topological polar surface area (TPSA) is 44.5 Å². The van der Waals surface area contributed by atoms with Crippen LogP contribution < -0.4 is 15.2 Å². The second-order valence-corrected chi connectivity index (χ2v) is 6.00. The largest absolute Gasteiger partial charge is 0.493 e. The molecule has 3 aromatic rings. The summed E-state index contributed by atoms with van der Waals surface area (Å²) in [6, 6.07) is 17.8. The molecule has 0 radical (unpaired) electrons. The first-order valence-corrected chi connectivity index (χ1v) is 8.34. The number of hydrogen-bond donors (Lipinski definition) is 1. The predicted octanol–water partition coefficient (Wildman–Crippen LogP) is 4.38. The molecule has 2 aromatic carbocycles. The number of methoxy groups -OCH3 is 1. The van der Waals surface area contributed by atoms with E-state index in [0.29, 0.717) is 12.4 Å². The molecule has 118 valence electrons. The molecule has 1 aromatic heterocycles. The molecule has 0 spiro atoms. The minimum atomic E-state index is -0.154. The molecule has 1 heterocycles. The molecule has 0 bridgehead atoms. The van der Waals surface area contributed by atoms with Gasteiger partial charge in [0.05, 0.1) is 13.2 Å². The van der Waals surface area contributed by atoms with Gasteiger partial charge in [-0.25, -0.2) is 0 Å². The molecule has 0 aliphatic carbocycles. The number of nitrogens with two attached hydrogens (primary N) is 1. The standard InChI is InChI=1S/C19H19NO2S/c1-21-18-11-15(19(20)16-9-10-23-13-16)7-8-17(18)22-12-14-5-3-2-4-6-14/h2-11,13,19H,12,20H2,1H3/t19-/m0/s1. The monoisotopic (exact) mass is 325 g/mol. The first-order valence-electron chi connectivity index (χ1n) is 7.40. The van der Waals surface area contributed by atoms with E-state index >= 15 is 0 Å². The van der Waals surface area contributed by atoms with Crippen molar-refractivity contribution in [2.45, 2.75) is 12.6 Å². The van der Waals surface area contributed by atoms with Crippen molar-refractivity contribution in [2.24, 2.45) is 5.73 Å². The highest BCUT2D eigenvalue weighted by atomic mass is 32.1. The normalized spacial score (nSPS) is 11.9. The summed E-state index contributed by atoms with van der Waals surface area (Å²) >= 11 is 1.65. The van der Waals surface area contributed by atoms with Crippen molar-refractivity contribution in [3.63, 3.8) is 0 Å². The Balaban J connectivity index is 1.77. The van der Waals surface area contributed by atoms with Gasteiger partial charge in [0.25, 0.3) is 0 Å². The van der Waals surface area contributed by atoms with E-state index in [2.05, 4.69) is 5.38 Å². The summed E-state index contributed by atoms with van der Waals surface area (Å²) in [5.74, 6) is 1.42. The molecule has 3 nitrogen and oxygen atoms in total. The van der Waals surface area contributed by atoms with E-state index in [1.807, 2.05) is 60.0 Å². The van der Waals surface area contributed by atoms with Crippen LogP contribution in [0.25, 0.3) is 0 Å². The molecule has 3 rings (SSSR count). The van der Waals surface area contributed by atoms with Gasteiger partial charge in [-0.1, -0.05) is 36.4 Å². The second-order valence-electron chi connectivity index (χ2n) is 5.22. The molecule has 0 fully saturated rings. The summed E-state index contributed by atoms with van der Waals surface area (Å²) < 4.78 is 11.3. The van der Waals surface area contributed by atoms with Crippen molar-refractivity contribution < 1.29 is 9.47 Å². The number of ether oxygens (including phenoxy) is 2. The lowest BCUT2D eigenvalue weighted by molar-refractivity contribution is 0.284. The van der Waals surface area contributed by atoms with Gasteiger partial charge >= 0.3 is 0 Å². The molecular formula is C19H19NO2S. The minimum Gasteiger partial charge on any atom is -0.493 e. The van der Waals surface area contributed by atoms with Crippen molar-refractivity contribution >= 4 is 11.3 Å². The SMILES string of the molecule is COc1cc([C@H](N)c2ccsc2)ccc1OCc1ccccc1. The summed E-state index contributed by atoms with van der Waals surface area (Å²) in [6.07, 6.45) is 0. The van der Waals surface area contributed by atoms with Gasteiger partial charge in [0.1, 0.15) is 6.61 Å². The van der Waals surface area contributed by atoms with Crippen LogP contribution in [0.3, 0.4) is 0 Å². The zero-order valence-corrected chi connectivity index (χ0v) is 13.8. The average molecular weight is 325 g/mol. The molecule has 4 heteroatoms. The van der Waals surface area contributed by atoms with Crippen LogP contribution >= 0.6 is 11.3 Å². The highest BCUT2D eigenvalue weighted by molar-refractivity contribution is 7.08. The van der Waals surface area contributed by atoms with Crippen LogP contribution in [0.15, 0.2) is 65.4 Å². The fourth-order valence-corrected chi connectivity index (χ4v) is 3.07. The van der Waals surface area contributed by atoms with Crippen LogP contribution in [0.5, 0.6) is 11.5 Å². The van der Waals surface area contributed by atoms with E-state index in [0.717, 1.165) is 22.4 Å². The van der Waals surface area contributed by atoms with Crippen molar-refractivity contribution in [3.05, 3.63) is 82.0 Å². The van der Waals surface area contributed by atoms with E-state index < -0.39 is 0 Å². The van der Waals surface area contributed by atoms with E-state index in [9.17, 15) is 0 Å². The maximum atomic E-state index is 6.31. The van der Waals surface area contributed by atoms with Crippen molar-refractivity contribution in [1.29, 1.82) is 0 Å². The molecule has 23 heavy (non-hydrogen) atoms. The summed E-state index contributed by atoms with van der Waals surface area (Å²) in [5.41, 5.74) is 9.54. The van der Waals surface area contributed by atoms with E-state index in [1.165, 1.54) is 0 Å². The van der Waals surface area contributed by atoms with Gasteiger partial charge in [0.15, 0.2) is 11.5 Å². The highest BCUT2D eigenvalue weighted by Crippen LogP contribution is 2.32. The third kappa shape index (κ3) is 3.73. The fraction of sp³-hybridized carbons (Fsp3) is 0.158. The lowest BCUT2D eigenvalue weighted by Crippen LogP contribution is -2.11. The summed E-state index contributed by atoms with van der Waals surface area (Å²) in [6.45, 7) is 0.507. The van der Waals surface area contributed by atoms with Crippen molar-refractivity contribution in [2.75, 3.05) is 7.11 Å². The van der Waals surface area contributed by atoms with Gasteiger partial charge in [-0.15, -0.1) is 0 Å². The fourth-order valence-electron chi connectivity index (χ4n) is 2.38. The lowest BCUT2D eigenvalue weighted by atomic mass is 10.0. The van der Waals surface area contributed by atoms with Crippen LogP contribution in [-0.4, -0.2) is 7.11 Å². The van der Waals surface area contributed by atoms with Crippen LogP contribution in [0, 0.1) is 0 Å². The second kappa shape index (κ2) is 7.31. The smallest absolute Gasteiger partial charge is 0.161 e. The number of hydrogen-bond acceptors (Lipinski definition) is 4. The van der Waals surface area contributed by atoms with E-state index in [4.69, 9.17) is 15.2 Å². The van der Waals surface area contributed by atoms with Crippen molar-refractivity contribution in [1.82, 2.24) is 0 Å². The number of benzene rings is 2. The van der Waals surface area contributed by atoms with Crippen LogP contribution in [-0.2, 0) is 6.61 Å². The Morgan fingerprint density at radius 2 is 1.83 bits per heavy atom. The maximum absolute atomic E-state index is 6.31. The molecule has 1 atom stereocenters. The summed E-state index contributed by atoms with van der Waals surface area (Å²) in [4.78, 5) is 0. The third-order valence-corrected chi connectivity index (χ3v) is 4.39. The quantitative estimate of drug-likeness (QED) is 0.731. The highest BCUT2D eigenvalue weighted by Gasteiger charge is 2.13. The Hall–Kier alpha value is -2.30. The van der Waals surface area contributed by atoms with Crippen LogP contribution in [0.4, 0.5) is 0 Å². The zero-order chi connectivity index (χ0) is 16.1. The summed E-state index contributed by atoms with van der Waals surface area (Å²) in [7, 11) is 1.64. The van der Waals surface area contributed by atoms with Gasteiger partial charge in [-0.05, 0) is 45.6 Å². The molecule has 0 saturated heterocycles. The first-order chi connectivity index (χ1) is 11.3. The average Bonchev–Trinajstić information content (AvgIpc) is 3.14. The Labute approximate surface area is 140 Å². The van der Waals surface area contributed by atoms with E-state index in [-0.39, 0.29) is 6.04 Å². The number of thiophene rings is 1.